The summed E-state index contributed by atoms with van der Waals surface area (Å²) in [6.07, 6.45) is 0. The summed E-state index contributed by atoms with van der Waals surface area (Å²) in [5, 5.41) is 0. The molecular weight excluding hydrogens is 665 g/mol. The first-order chi connectivity index (χ1) is 26.4. The van der Waals surface area contributed by atoms with Crippen LogP contribution in [0, 0.1) is 0 Å². The Labute approximate surface area is 344 Å². The van der Waals surface area contributed by atoms with Crippen molar-refractivity contribution in [1.82, 2.24) is 0 Å². The Bertz CT molecular complexity index is 426. The largest absolute Gasteiger partial charge is 0.459 e. The molecule has 0 amide bonds. The summed E-state index contributed by atoms with van der Waals surface area (Å²) in [6.45, 7) is 130. The van der Waals surface area contributed by atoms with Gasteiger partial charge in [0, 0.05) is 11.1 Å². The summed E-state index contributed by atoms with van der Waals surface area (Å²) in [5.41, 5.74) is 0.632. The summed E-state index contributed by atoms with van der Waals surface area (Å²) < 4.78 is 9.38. The van der Waals surface area contributed by atoms with Crippen LogP contribution in [-0.4, -0.2) is 25.2 Å². The highest BCUT2D eigenvalue weighted by Crippen LogP contribution is 1.94. The van der Waals surface area contributed by atoms with Crippen molar-refractivity contribution in [3.05, 3.63) is 287 Å². The normalized spacial score (nSPS) is 3.81. The molecule has 0 unspecified atom stereocenters. The highest BCUT2D eigenvalue weighted by Gasteiger charge is 2.05. The molecule has 0 radical (unpaired) electrons. The molecule has 0 atom stereocenters. The van der Waals surface area contributed by atoms with Crippen LogP contribution >= 0.6 is 0 Å². The van der Waals surface area contributed by atoms with Crippen molar-refractivity contribution >= 4 is 11.9 Å². The second-order valence-corrected chi connectivity index (χ2v) is 2.83. The van der Waals surface area contributed by atoms with Crippen molar-refractivity contribution in [3.63, 3.8) is 0 Å². The number of rotatable bonds is 5. The monoisotopic (exact) mass is 759 g/mol. The van der Waals surface area contributed by atoms with Crippen LogP contribution < -0.4 is 0 Å². The van der Waals surface area contributed by atoms with Crippen LogP contribution in [-0.2, 0) is 19.1 Å². The molecule has 0 aliphatic heterocycles. The third kappa shape index (κ3) is 1310. The van der Waals surface area contributed by atoms with E-state index in [1.807, 2.05) is 0 Å². The zero-order valence-corrected chi connectivity index (χ0v) is 36.7. The number of carbonyl (C=O) groups is 2. The molecular formula is C50H94O4. The molecule has 4 heteroatoms. The van der Waals surface area contributed by atoms with Gasteiger partial charge in [-0.2, -0.15) is 0 Å². The lowest BCUT2D eigenvalue weighted by molar-refractivity contribution is -0.147. The maximum atomic E-state index is 10.8. The predicted molar refractivity (Wildman–Crippen MR) is 277 cm³/mol. The number of esters is 2. The Morgan fingerprint density at radius 3 is 0.389 bits per heavy atom. The molecule has 0 fully saturated rings. The lowest BCUT2D eigenvalue weighted by atomic mass is 10.4. The van der Waals surface area contributed by atoms with Gasteiger partial charge in [-0.1, -0.05) is 13.2 Å². The average Bonchev–Trinajstić information content (AvgIpc) is 3.35. The van der Waals surface area contributed by atoms with E-state index in [4.69, 9.17) is 0 Å². The molecule has 0 aromatic carbocycles. The Hall–Kier alpha value is -6.78. The van der Waals surface area contributed by atoms with Crippen molar-refractivity contribution in [2.45, 2.75) is 13.8 Å². The zero-order valence-electron chi connectivity index (χ0n) is 36.7. The maximum Gasteiger partial charge on any atom is 0.333 e. The minimum absolute atomic E-state index is 0.0325. The zero-order chi connectivity index (χ0) is 51.1. The Morgan fingerprint density at radius 2 is 0.333 bits per heavy atom. The van der Waals surface area contributed by atoms with Gasteiger partial charge in [0.15, 0.2) is 0 Å². The standard InChI is InChI=1S/C10H14O4.20C2H4/c1-7(2)9(11)13-5-6-14-10(12)8(3)4;20*1-2/h1,3,5-6H2,2,4H3;20*1-2H2. The Balaban J connectivity index is -0.0000000123. The van der Waals surface area contributed by atoms with Crippen LogP contribution in [0.4, 0.5) is 0 Å². The smallest absolute Gasteiger partial charge is 0.333 e. The SMILES string of the molecule is C=C.C=C.C=C.C=C.C=C.C=C.C=C.C=C.C=C.C=C.C=C.C=C.C=C.C=C.C=C.C=C.C=C.C=C.C=C.C=C.C=C(C)C(=O)OCCOC(=O)C(=C)C. The molecule has 0 saturated heterocycles. The van der Waals surface area contributed by atoms with E-state index in [-0.39, 0.29) is 13.2 Å². The highest BCUT2D eigenvalue weighted by molar-refractivity contribution is 5.87. The Morgan fingerprint density at radius 1 is 0.259 bits per heavy atom. The van der Waals surface area contributed by atoms with Crippen LogP contribution in [0.25, 0.3) is 0 Å². The van der Waals surface area contributed by atoms with Gasteiger partial charge in [0.05, 0.1) is 0 Å². The van der Waals surface area contributed by atoms with E-state index in [0.717, 1.165) is 0 Å². The van der Waals surface area contributed by atoms with Crippen molar-refractivity contribution in [3.8, 4) is 0 Å². The number of hydrogen-bond acceptors (Lipinski definition) is 4. The second kappa shape index (κ2) is 1110. The molecule has 0 rings (SSSR count). The van der Waals surface area contributed by atoms with E-state index in [0.29, 0.717) is 11.1 Å². The van der Waals surface area contributed by atoms with Gasteiger partial charge in [-0.25, -0.2) is 9.59 Å². The van der Waals surface area contributed by atoms with E-state index >= 15 is 0 Å². The van der Waals surface area contributed by atoms with E-state index in [1.165, 1.54) is 0 Å². The maximum absolute atomic E-state index is 10.8. The third-order valence-corrected chi connectivity index (χ3v) is 1.25. The summed E-state index contributed by atoms with van der Waals surface area (Å²) in [4.78, 5) is 21.7. The van der Waals surface area contributed by atoms with Crippen LogP contribution in [0.3, 0.4) is 0 Å². The fourth-order valence-corrected chi connectivity index (χ4v) is 0.515. The first-order valence-corrected chi connectivity index (χ1v) is 14.1. The number of carbonyl (C=O) groups excluding carboxylic acids is 2. The minimum Gasteiger partial charge on any atom is -0.459 e. The lowest BCUT2D eigenvalue weighted by Gasteiger charge is -2.05. The number of hydrogen-bond donors (Lipinski definition) is 0. The molecule has 0 aliphatic carbocycles. The molecule has 0 aromatic rings. The predicted octanol–water partition coefficient (Wildman–Crippen LogP) is 17.3. The van der Waals surface area contributed by atoms with Crippen molar-refractivity contribution < 1.29 is 19.1 Å². The van der Waals surface area contributed by atoms with Crippen LogP contribution in [0.2, 0.25) is 0 Å². The first kappa shape index (κ1) is 147. The van der Waals surface area contributed by atoms with Crippen molar-refractivity contribution in [2.24, 2.45) is 0 Å². The Kier molecular flexibility index (Phi) is 3020. The van der Waals surface area contributed by atoms with Gasteiger partial charge in [-0.3, -0.25) is 0 Å². The third-order valence-electron chi connectivity index (χ3n) is 1.25. The van der Waals surface area contributed by atoms with Gasteiger partial charge in [0.25, 0.3) is 0 Å². The molecule has 0 saturated carbocycles. The molecule has 0 aromatic heterocycles. The summed E-state index contributed by atoms with van der Waals surface area (Å²) in [5.74, 6) is -0.979. The van der Waals surface area contributed by atoms with Gasteiger partial charge in [-0.05, 0) is 13.8 Å². The first-order valence-electron chi connectivity index (χ1n) is 14.1. The minimum atomic E-state index is -0.489. The van der Waals surface area contributed by atoms with Crippen molar-refractivity contribution in [2.75, 3.05) is 13.2 Å². The molecule has 4 nitrogen and oxygen atoms in total. The molecule has 0 N–H and O–H groups in total. The van der Waals surface area contributed by atoms with Gasteiger partial charge in [0.1, 0.15) is 13.2 Å². The molecule has 54 heavy (non-hydrogen) atoms. The van der Waals surface area contributed by atoms with E-state index in [1.54, 1.807) is 13.8 Å². The molecule has 318 valence electrons. The average molecular weight is 759 g/mol. The summed E-state index contributed by atoms with van der Waals surface area (Å²) in [7, 11) is 0. The summed E-state index contributed by atoms with van der Waals surface area (Å²) in [6, 6.07) is 0. The van der Waals surface area contributed by atoms with Crippen molar-refractivity contribution in [1.29, 1.82) is 0 Å². The topological polar surface area (TPSA) is 52.6 Å². The fraction of sp³-hybridized carbons (Fsp3) is 0.0800. The highest BCUT2D eigenvalue weighted by atomic mass is 16.6. The molecule has 0 spiro atoms. The van der Waals surface area contributed by atoms with Gasteiger partial charge in [-0.15, -0.1) is 263 Å². The van der Waals surface area contributed by atoms with Gasteiger partial charge < -0.3 is 9.47 Å². The van der Waals surface area contributed by atoms with Gasteiger partial charge in [0.2, 0.25) is 0 Å². The summed E-state index contributed by atoms with van der Waals surface area (Å²) >= 11 is 0. The van der Waals surface area contributed by atoms with Crippen LogP contribution in [0.1, 0.15) is 13.8 Å². The number of ether oxygens (including phenoxy) is 2. The molecule has 0 bridgehead atoms. The second-order valence-electron chi connectivity index (χ2n) is 2.83. The van der Waals surface area contributed by atoms with Crippen LogP contribution in [0.5, 0.6) is 0 Å². The molecule has 0 aliphatic rings. The van der Waals surface area contributed by atoms with Gasteiger partial charge >= 0.3 is 11.9 Å². The fourth-order valence-electron chi connectivity index (χ4n) is 0.515. The van der Waals surface area contributed by atoms with E-state index < -0.39 is 11.9 Å². The quantitative estimate of drug-likeness (QED) is 0.121. The van der Waals surface area contributed by atoms with E-state index in [2.05, 4.69) is 286 Å². The van der Waals surface area contributed by atoms with Crippen LogP contribution in [0.15, 0.2) is 287 Å². The van der Waals surface area contributed by atoms with E-state index in [9.17, 15) is 9.59 Å². The molecule has 0 heterocycles. The lowest BCUT2D eigenvalue weighted by Crippen LogP contribution is -2.14.